The van der Waals surface area contributed by atoms with Crippen molar-refractivity contribution >= 4 is 22.9 Å². The molecule has 0 saturated heterocycles. The van der Waals surface area contributed by atoms with Gasteiger partial charge in [-0.25, -0.2) is 9.97 Å². The highest BCUT2D eigenvalue weighted by molar-refractivity contribution is 7.09. The van der Waals surface area contributed by atoms with E-state index >= 15 is 0 Å². The first-order chi connectivity index (χ1) is 9.13. The van der Waals surface area contributed by atoms with Gasteiger partial charge in [-0.3, -0.25) is 0 Å². The lowest BCUT2D eigenvalue weighted by Gasteiger charge is -2.14. The van der Waals surface area contributed by atoms with Crippen LogP contribution in [0.5, 0.6) is 5.88 Å². The zero-order chi connectivity index (χ0) is 13.4. The summed E-state index contributed by atoms with van der Waals surface area (Å²) in [4.78, 5) is 8.78. The van der Waals surface area contributed by atoms with Gasteiger partial charge in [-0.1, -0.05) is 11.6 Å². The Hall–Kier alpha value is -1.17. The lowest BCUT2D eigenvalue weighted by atomic mass is 10.1. The second kappa shape index (κ2) is 5.07. The molecule has 19 heavy (non-hydrogen) atoms. The first-order valence-corrected chi connectivity index (χ1v) is 7.34. The van der Waals surface area contributed by atoms with Crippen molar-refractivity contribution in [1.29, 1.82) is 0 Å². The van der Waals surface area contributed by atoms with Crippen LogP contribution >= 0.6 is 22.9 Å². The van der Waals surface area contributed by atoms with Crippen molar-refractivity contribution in [3.63, 3.8) is 0 Å². The SMILES string of the molecule is Cc1csc([C@H]2CNCc3c(C)cc(Cl)nc3O2)n1. The van der Waals surface area contributed by atoms with Gasteiger partial charge in [0, 0.05) is 29.7 Å². The van der Waals surface area contributed by atoms with Gasteiger partial charge in [-0.2, -0.15) is 0 Å². The van der Waals surface area contributed by atoms with Crippen molar-refractivity contribution < 1.29 is 4.74 Å². The van der Waals surface area contributed by atoms with Crippen molar-refractivity contribution in [3.8, 4) is 5.88 Å². The highest BCUT2D eigenvalue weighted by atomic mass is 35.5. The molecule has 2 aromatic heterocycles. The Labute approximate surface area is 120 Å². The van der Waals surface area contributed by atoms with Gasteiger partial charge in [0.1, 0.15) is 10.2 Å². The Bertz CT molecular complexity index is 614. The second-order valence-corrected chi connectivity index (χ2v) is 5.89. The molecular formula is C13H14ClN3OS. The number of aryl methyl sites for hydroxylation is 2. The zero-order valence-corrected chi connectivity index (χ0v) is 12.3. The summed E-state index contributed by atoms with van der Waals surface area (Å²) in [5.74, 6) is 0.618. The van der Waals surface area contributed by atoms with Crippen LogP contribution < -0.4 is 10.1 Å². The van der Waals surface area contributed by atoms with E-state index in [1.54, 1.807) is 11.3 Å². The summed E-state index contributed by atoms with van der Waals surface area (Å²) in [6.45, 7) is 5.47. The van der Waals surface area contributed by atoms with E-state index < -0.39 is 0 Å². The van der Waals surface area contributed by atoms with E-state index in [0.717, 1.165) is 34.9 Å². The van der Waals surface area contributed by atoms with Crippen LogP contribution in [0.1, 0.15) is 27.9 Å². The number of fused-ring (bicyclic) bond motifs is 1. The first-order valence-electron chi connectivity index (χ1n) is 6.09. The Morgan fingerprint density at radius 1 is 1.42 bits per heavy atom. The Morgan fingerprint density at radius 3 is 3.00 bits per heavy atom. The lowest BCUT2D eigenvalue weighted by molar-refractivity contribution is 0.201. The van der Waals surface area contributed by atoms with E-state index in [9.17, 15) is 0 Å². The number of ether oxygens (including phenoxy) is 1. The number of hydrogen-bond acceptors (Lipinski definition) is 5. The molecule has 100 valence electrons. The normalized spacial score (nSPS) is 18.6. The average Bonchev–Trinajstić information content (AvgIpc) is 2.66. The average molecular weight is 296 g/mol. The zero-order valence-electron chi connectivity index (χ0n) is 10.7. The second-order valence-electron chi connectivity index (χ2n) is 4.61. The van der Waals surface area contributed by atoms with Crippen molar-refractivity contribution in [2.75, 3.05) is 6.54 Å². The molecule has 3 rings (SSSR count). The van der Waals surface area contributed by atoms with Gasteiger partial charge in [0.2, 0.25) is 5.88 Å². The minimum absolute atomic E-state index is 0.106. The molecule has 0 aliphatic carbocycles. The van der Waals surface area contributed by atoms with Crippen molar-refractivity contribution in [3.05, 3.63) is 38.4 Å². The molecule has 1 aliphatic rings. The molecule has 0 saturated carbocycles. The summed E-state index contributed by atoms with van der Waals surface area (Å²) in [5.41, 5.74) is 3.18. The summed E-state index contributed by atoms with van der Waals surface area (Å²) < 4.78 is 6.01. The van der Waals surface area contributed by atoms with Gasteiger partial charge >= 0.3 is 0 Å². The fraction of sp³-hybridized carbons (Fsp3) is 0.385. The van der Waals surface area contributed by atoms with Gasteiger partial charge in [0.05, 0.1) is 0 Å². The van der Waals surface area contributed by atoms with Crippen LogP contribution in [-0.2, 0) is 6.54 Å². The fourth-order valence-electron chi connectivity index (χ4n) is 2.11. The lowest BCUT2D eigenvalue weighted by Crippen LogP contribution is -2.21. The van der Waals surface area contributed by atoms with Crippen LogP contribution in [-0.4, -0.2) is 16.5 Å². The number of rotatable bonds is 1. The van der Waals surface area contributed by atoms with Crippen LogP contribution in [0.25, 0.3) is 0 Å². The molecule has 3 heterocycles. The maximum atomic E-state index is 6.01. The highest BCUT2D eigenvalue weighted by Crippen LogP contribution is 2.31. The number of pyridine rings is 1. The van der Waals surface area contributed by atoms with E-state index in [1.807, 2.05) is 25.3 Å². The molecule has 0 radical (unpaired) electrons. The monoisotopic (exact) mass is 295 g/mol. The molecule has 6 heteroatoms. The van der Waals surface area contributed by atoms with Crippen LogP contribution in [0, 0.1) is 13.8 Å². The summed E-state index contributed by atoms with van der Waals surface area (Å²) in [5, 5.41) is 6.84. The van der Waals surface area contributed by atoms with Gasteiger partial charge in [0.15, 0.2) is 6.10 Å². The summed E-state index contributed by atoms with van der Waals surface area (Å²) in [6.07, 6.45) is -0.106. The molecule has 0 spiro atoms. The molecule has 1 atom stereocenters. The predicted octanol–water partition coefficient (Wildman–Crippen LogP) is 3.03. The molecule has 0 fully saturated rings. The number of nitrogens with zero attached hydrogens (tertiary/aromatic N) is 2. The number of nitrogens with one attached hydrogen (secondary N) is 1. The third-order valence-corrected chi connectivity index (χ3v) is 4.32. The van der Waals surface area contributed by atoms with Gasteiger partial charge in [-0.15, -0.1) is 11.3 Å². The Morgan fingerprint density at radius 2 is 2.26 bits per heavy atom. The van der Waals surface area contributed by atoms with E-state index in [2.05, 4.69) is 15.3 Å². The third kappa shape index (κ3) is 2.59. The molecule has 0 amide bonds. The molecule has 1 N–H and O–H groups in total. The minimum Gasteiger partial charge on any atom is -0.465 e. The van der Waals surface area contributed by atoms with Crippen LogP contribution in [0.3, 0.4) is 0 Å². The quantitative estimate of drug-likeness (QED) is 0.822. The topological polar surface area (TPSA) is 47.0 Å². The minimum atomic E-state index is -0.106. The van der Waals surface area contributed by atoms with Gasteiger partial charge in [0.25, 0.3) is 0 Å². The number of hydrogen-bond donors (Lipinski definition) is 1. The van der Waals surface area contributed by atoms with Gasteiger partial charge < -0.3 is 10.1 Å². The number of halogens is 1. The van der Waals surface area contributed by atoms with Crippen LogP contribution in [0.15, 0.2) is 11.4 Å². The molecule has 1 aliphatic heterocycles. The van der Waals surface area contributed by atoms with E-state index in [-0.39, 0.29) is 6.10 Å². The van der Waals surface area contributed by atoms with E-state index in [1.165, 1.54) is 0 Å². The Balaban J connectivity index is 1.96. The van der Waals surface area contributed by atoms with Crippen molar-refractivity contribution in [2.45, 2.75) is 26.5 Å². The Kier molecular flexibility index (Phi) is 3.43. The summed E-state index contributed by atoms with van der Waals surface area (Å²) >= 11 is 7.62. The van der Waals surface area contributed by atoms with Gasteiger partial charge in [-0.05, 0) is 25.5 Å². The maximum Gasteiger partial charge on any atom is 0.220 e. The van der Waals surface area contributed by atoms with Crippen molar-refractivity contribution in [1.82, 2.24) is 15.3 Å². The largest absolute Gasteiger partial charge is 0.465 e. The molecular weight excluding hydrogens is 282 g/mol. The number of aromatic nitrogens is 2. The van der Waals surface area contributed by atoms with E-state index in [4.69, 9.17) is 16.3 Å². The molecule has 0 bridgehead atoms. The maximum absolute atomic E-state index is 6.01. The molecule has 4 nitrogen and oxygen atoms in total. The fourth-order valence-corrected chi connectivity index (χ4v) is 3.17. The van der Waals surface area contributed by atoms with Crippen molar-refractivity contribution in [2.24, 2.45) is 0 Å². The highest BCUT2D eigenvalue weighted by Gasteiger charge is 2.23. The predicted molar refractivity (Wildman–Crippen MR) is 75.9 cm³/mol. The smallest absolute Gasteiger partial charge is 0.220 e. The van der Waals surface area contributed by atoms with E-state index in [0.29, 0.717) is 11.0 Å². The van der Waals surface area contributed by atoms with Crippen LogP contribution in [0.4, 0.5) is 0 Å². The summed E-state index contributed by atoms with van der Waals surface area (Å²) in [7, 11) is 0. The summed E-state index contributed by atoms with van der Waals surface area (Å²) in [6, 6.07) is 1.86. The first kappa shape index (κ1) is 12.8. The molecule has 2 aromatic rings. The molecule has 0 aromatic carbocycles. The third-order valence-electron chi connectivity index (χ3n) is 3.08. The standard InChI is InChI=1S/C13H14ClN3OS/c1-7-3-11(14)17-12-9(7)4-15-5-10(18-12)13-16-8(2)6-19-13/h3,6,10,15H,4-5H2,1-2H3/t10-/m1/s1. The van der Waals surface area contributed by atoms with Crippen LogP contribution in [0.2, 0.25) is 5.15 Å². The molecule has 0 unspecified atom stereocenters. The number of thiazole rings is 1.